The van der Waals surface area contributed by atoms with Crippen molar-refractivity contribution in [3.63, 3.8) is 0 Å². The quantitative estimate of drug-likeness (QED) is 0.0759. The summed E-state index contributed by atoms with van der Waals surface area (Å²) in [6.45, 7) is 0.702. The highest BCUT2D eigenvalue weighted by atomic mass is 19.4. The highest BCUT2D eigenvalue weighted by Crippen LogP contribution is 2.44. The fourth-order valence-electron chi connectivity index (χ4n) is 6.88. The summed E-state index contributed by atoms with van der Waals surface area (Å²) in [4.78, 5) is 89.1. The van der Waals surface area contributed by atoms with E-state index >= 15 is 0 Å². The number of hydrogen-bond acceptors (Lipinski definition) is 11. The van der Waals surface area contributed by atoms with Gasteiger partial charge in [0.2, 0.25) is 11.8 Å². The average Bonchev–Trinajstić information content (AvgIpc) is 3.61. The van der Waals surface area contributed by atoms with E-state index in [1.54, 1.807) is 31.2 Å². The van der Waals surface area contributed by atoms with Gasteiger partial charge in [-0.1, -0.05) is 85.8 Å². The normalized spacial score (nSPS) is 16.0. The second kappa shape index (κ2) is 20.4. The predicted octanol–water partition coefficient (Wildman–Crippen LogP) is 4.82. The lowest BCUT2D eigenvalue weighted by atomic mass is 9.98. The SMILES string of the molecule is CCC(=O)NC=NC1N=CC(CN(C(=O)C(F)(F)F)c2ccc(C(=O)N[C@@H](CCC(=O)OCc3ccccc3)C(=O)OCC3c4ccccc4-c4ccccc43)cc2)=NC1C(N)=O. The number of rotatable bonds is 17. The topological polar surface area (TPSA) is 211 Å². The van der Waals surface area contributed by atoms with Crippen molar-refractivity contribution in [1.82, 2.24) is 10.6 Å². The zero-order valence-corrected chi connectivity index (χ0v) is 33.8. The zero-order valence-electron chi connectivity index (χ0n) is 33.8. The van der Waals surface area contributed by atoms with Gasteiger partial charge in [-0.2, -0.15) is 13.2 Å². The Bertz CT molecular complexity index is 2400. The maximum atomic E-state index is 13.9. The van der Waals surface area contributed by atoms with E-state index in [0.717, 1.165) is 64.6 Å². The molecular weight excluding hydrogens is 824 g/mol. The summed E-state index contributed by atoms with van der Waals surface area (Å²) in [6, 6.07) is 26.0. The van der Waals surface area contributed by atoms with Crippen molar-refractivity contribution in [1.29, 1.82) is 0 Å². The molecule has 15 nitrogen and oxygen atoms in total. The molecule has 1 aliphatic heterocycles. The molecule has 63 heavy (non-hydrogen) atoms. The summed E-state index contributed by atoms with van der Waals surface area (Å²) in [6.07, 6.45) is -4.89. The fraction of sp³-hybridized carbons (Fsp3) is 0.267. The third-order valence-corrected chi connectivity index (χ3v) is 10.1. The molecule has 0 radical (unpaired) electrons. The van der Waals surface area contributed by atoms with Gasteiger partial charge in [0, 0.05) is 36.2 Å². The summed E-state index contributed by atoms with van der Waals surface area (Å²) >= 11 is 0. The van der Waals surface area contributed by atoms with Gasteiger partial charge in [-0.15, -0.1) is 0 Å². The van der Waals surface area contributed by atoms with E-state index in [2.05, 4.69) is 25.6 Å². The van der Waals surface area contributed by atoms with E-state index in [-0.39, 0.29) is 61.3 Å². The van der Waals surface area contributed by atoms with Crippen LogP contribution in [0.15, 0.2) is 118 Å². The van der Waals surface area contributed by atoms with Crippen LogP contribution in [0.5, 0.6) is 0 Å². The molecule has 0 saturated heterocycles. The van der Waals surface area contributed by atoms with Gasteiger partial charge in [0.1, 0.15) is 19.3 Å². The summed E-state index contributed by atoms with van der Waals surface area (Å²) in [5.74, 6) is -6.28. The first kappa shape index (κ1) is 45.0. The Hall–Kier alpha value is -7.50. The number of halogens is 3. The lowest BCUT2D eigenvalue weighted by molar-refractivity contribution is -0.170. The first-order chi connectivity index (χ1) is 30.2. The van der Waals surface area contributed by atoms with Gasteiger partial charge in [0.05, 0.1) is 18.6 Å². The molecule has 0 saturated carbocycles. The van der Waals surface area contributed by atoms with Gasteiger partial charge < -0.3 is 25.8 Å². The number of aliphatic imine (C=N–C) groups is 3. The zero-order chi connectivity index (χ0) is 45.1. The molecular formula is C45H42F3N7O8. The average molecular weight is 866 g/mol. The van der Waals surface area contributed by atoms with Crippen molar-refractivity contribution in [2.24, 2.45) is 20.7 Å². The molecule has 6 rings (SSSR count). The molecule has 0 aromatic heterocycles. The van der Waals surface area contributed by atoms with Crippen molar-refractivity contribution >= 4 is 59.5 Å². The number of carbonyl (C=O) groups is 6. The summed E-state index contributed by atoms with van der Waals surface area (Å²) in [5.41, 5.74) is 9.48. The Balaban J connectivity index is 1.17. The molecule has 18 heteroatoms. The van der Waals surface area contributed by atoms with Gasteiger partial charge >= 0.3 is 24.0 Å². The Morgan fingerprint density at radius 1 is 0.873 bits per heavy atom. The van der Waals surface area contributed by atoms with Crippen LogP contribution in [0.3, 0.4) is 0 Å². The van der Waals surface area contributed by atoms with Crippen LogP contribution in [0, 0.1) is 0 Å². The first-order valence-corrected chi connectivity index (χ1v) is 19.8. The lowest BCUT2D eigenvalue weighted by Crippen LogP contribution is -2.46. The maximum Gasteiger partial charge on any atom is 0.471 e. The van der Waals surface area contributed by atoms with Crippen molar-refractivity contribution < 1.29 is 51.4 Å². The minimum Gasteiger partial charge on any atom is -0.463 e. The second-order valence-corrected chi connectivity index (χ2v) is 14.4. The molecule has 0 fully saturated rings. The number of nitrogens with two attached hydrogens (primary N) is 1. The Morgan fingerprint density at radius 2 is 1.51 bits per heavy atom. The smallest absolute Gasteiger partial charge is 0.463 e. The van der Waals surface area contributed by atoms with E-state index in [9.17, 15) is 41.9 Å². The molecule has 1 heterocycles. The highest BCUT2D eigenvalue weighted by Gasteiger charge is 2.44. The number of amides is 4. The molecule has 4 N–H and O–H groups in total. The summed E-state index contributed by atoms with van der Waals surface area (Å²) in [7, 11) is 0. The maximum absolute atomic E-state index is 13.9. The van der Waals surface area contributed by atoms with Crippen LogP contribution in [0.25, 0.3) is 11.1 Å². The number of primary amides is 1. The molecule has 4 aromatic carbocycles. The van der Waals surface area contributed by atoms with Crippen molar-refractivity contribution in [2.45, 2.75) is 63.1 Å². The minimum absolute atomic E-state index is 0.0111. The van der Waals surface area contributed by atoms with E-state index in [1.165, 1.54) is 0 Å². The molecule has 326 valence electrons. The van der Waals surface area contributed by atoms with Crippen LogP contribution >= 0.6 is 0 Å². The first-order valence-electron chi connectivity index (χ1n) is 19.8. The summed E-state index contributed by atoms with van der Waals surface area (Å²) < 4.78 is 52.9. The number of anilines is 1. The Kier molecular flexibility index (Phi) is 14.6. The van der Waals surface area contributed by atoms with Crippen molar-refractivity contribution in [3.8, 4) is 11.1 Å². The number of esters is 2. The Morgan fingerprint density at radius 3 is 2.13 bits per heavy atom. The van der Waals surface area contributed by atoms with Crippen LogP contribution in [-0.2, 0) is 40.1 Å². The molecule has 0 bridgehead atoms. The third-order valence-electron chi connectivity index (χ3n) is 10.1. The van der Waals surface area contributed by atoms with Gasteiger partial charge in [-0.05, 0) is 58.5 Å². The summed E-state index contributed by atoms with van der Waals surface area (Å²) in [5, 5.41) is 4.94. The highest BCUT2D eigenvalue weighted by molar-refractivity contribution is 6.34. The molecule has 2 unspecified atom stereocenters. The lowest BCUT2D eigenvalue weighted by Gasteiger charge is -2.26. The van der Waals surface area contributed by atoms with Gasteiger partial charge in [0.25, 0.3) is 5.91 Å². The van der Waals surface area contributed by atoms with Crippen molar-refractivity contribution in [3.05, 3.63) is 125 Å². The van der Waals surface area contributed by atoms with E-state index < -0.39 is 60.6 Å². The van der Waals surface area contributed by atoms with E-state index in [1.807, 2.05) is 54.6 Å². The number of nitrogens with one attached hydrogen (secondary N) is 2. The number of carbonyl (C=O) groups excluding carboxylic acids is 6. The van der Waals surface area contributed by atoms with Crippen LogP contribution in [-0.4, -0.2) is 91.4 Å². The van der Waals surface area contributed by atoms with E-state index in [4.69, 9.17) is 15.2 Å². The second-order valence-electron chi connectivity index (χ2n) is 14.4. The number of fused-ring (bicyclic) bond motifs is 3. The number of ether oxygens (including phenoxy) is 2. The molecule has 4 aromatic rings. The van der Waals surface area contributed by atoms with Gasteiger partial charge in [0.15, 0.2) is 12.2 Å². The van der Waals surface area contributed by atoms with Crippen LogP contribution in [0.4, 0.5) is 18.9 Å². The minimum atomic E-state index is -5.35. The molecule has 4 amide bonds. The molecule has 3 atom stereocenters. The number of nitrogens with zero attached hydrogens (tertiary/aromatic N) is 4. The molecule has 0 spiro atoms. The Labute approximate surface area is 359 Å². The van der Waals surface area contributed by atoms with Crippen LogP contribution in [0.2, 0.25) is 0 Å². The largest absolute Gasteiger partial charge is 0.471 e. The molecule has 2 aliphatic rings. The van der Waals surface area contributed by atoms with Crippen LogP contribution in [0.1, 0.15) is 59.2 Å². The van der Waals surface area contributed by atoms with E-state index in [0.29, 0.717) is 4.90 Å². The number of benzene rings is 4. The molecule has 1 aliphatic carbocycles. The van der Waals surface area contributed by atoms with Crippen LogP contribution < -0.4 is 21.3 Å². The monoisotopic (exact) mass is 865 g/mol. The predicted molar refractivity (Wildman–Crippen MR) is 226 cm³/mol. The fourth-order valence-corrected chi connectivity index (χ4v) is 6.88. The number of alkyl halides is 3. The third kappa shape index (κ3) is 11.5. The van der Waals surface area contributed by atoms with Gasteiger partial charge in [-0.3, -0.25) is 38.9 Å². The van der Waals surface area contributed by atoms with Crippen molar-refractivity contribution in [2.75, 3.05) is 18.1 Å². The standard InChI is InChI=1S/C45H42F3N7O8/c1-2-37(56)51-26-52-41-39(40(49)58)53-29(22-50-41)23-55(44(61)45(46,47)48)30-18-16-28(17-19-30)42(59)54-36(20-21-38(57)62-24-27-10-4-3-5-11-27)43(60)63-25-35-33-14-8-6-12-31(33)32-13-7-9-15-34(32)35/h3-19,22,26,35-36,39,41H,2,20-21,23-25H2,1H3,(H2,49,58)(H,54,59)(H,51,52,56)/t36-,39?,41?/m0/s1. The number of hydrogen-bond donors (Lipinski definition) is 3. The van der Waals surface area contributed by atoms with Gasteiger partial charge in [-0.25, -0.2) is 9.79 Å².